The predicted octanol–water partition coefficient (Wildman–Crippen LogP) is 2.94. The topological polar surface area (TPSA) is 105 Å². The highest BCUT2D eigenvalue weighted by Gasteiger charge is 2.12. The molecule has 0 spiro atoms. The first-order chi connectivity index (χ1) is 15.3. The molecule has 1 aromatic heterocycles. The molecule has 0 saturated carbocycles. The maximum absolute atomic E-state index is 13.2. The number of nitrogens with zero attached hydrogens (tertiary/aromatic N) is 2. The van der Waals surface area contributed by atoms with Crippen LogP contribution in [0.3, 0.4) is 0 Å². The van der Waals surface area contributed by atoms with Crippen molar-refractivity contribution in [3.05, 3.63) is 90.0 Å². The molecule has 0 radical (unpaired) electrons. The summed E-state index contributed by atoms with van der Waals surface area (Å²) < 4.78 is 36.2. The van der Waals surface area contributed by atoms with Crippen molar-refractivity contribution in [2.24, 2.45) is 5.14 Å². The Morgan fingerprint density at radius 3 is 2.50 bits per heavy atom. The van der Waals surface area contributed by atoms with E-state index in [0.29, 0.717) is 31.7 Å². The van der Waals surface area contributed by atoms with E-state index in [-0.39, 0.29) is 23.0 Å². The van der Waals surface area contributed by atoms with E-state index in [1.807, 2.05) is 18.2 Å². The van der Waals surface area contributed by atoms with Crippen molar-refractivity contribution in [3.63, 3.8) is 0 Å². The molecule has 1 heterocycles. The van der Waals surface area contributed by atoms with Crippen LogP contribution in [0.5, 0.6) is 0 Å². The Kier molecular flexibility index (Phi) is 8.04. The highest BCUT2D eigenvalue weighted by Crippen LogP contribution is 2.15. The van der Waals surface area contributed by atoms with Crippen LogP contribution in [0.1, 0.15) is 17.7 Å². The highest BCUT2D eigenvalue weighted by atomic mass is 32.2. The molecule has 0 bridgehead atoms. The van der Waals surface area contributed by atoms with Crippen LogP contribution in [-0.2, 0) is 27.8 Å². The van der Waals surface area contributed by atoms with Crippen molar-refractivity contribution in [1.82, 2.24) is 9.88 Å². The van der Waals surface area contributed by atoms with Crippen LogP contribution < -0.4 is 10.5 Å². The van der Waals surface area contributed by atoms with Crippen LogP contribution in [0.4, 0.5) is 10.1 Å². The molecular weight excluding hydrogens is 431 g/mol. The number of rotatable bonds is 10. The van der Waals surface area contributed by atoms with E-state index in [0.717, 1.165) is 11.3 Å². The number of hydrogen-bond acceptors (Lipinski definition) is 5. The molecule has 0 saturated heterocycles. The third-order valence-corrected chi connectivity index (χ3v) is 5.74. The van der Waals surface area contributed by atoms with Crippen molar-refractivity contribution in [3.8, 4) is 0 Å². The summed E-state index contributed by atoms with van der Waals surface area (Å²) in [5, 5.41) is 7.85. The van der Waals surface area contributed by atoms with Gasteiger partial charge in [-0.2, -0.15) is 0 Å². The van der Waals surface area contributed by atoms with Crippen LogP contribution in [-0.4, -0.2) is 37.3 Å². The lowest BCUT2D eigenvalue weighted by Crippen LogP contribution is -2.29. The van der Waals surface area contributed by atoms with E-state index in [1.54, 1.807) is 24.4 Å². The Morgan fingerprint density at radius 2 is 1.81 bits per heavy atom. The molecule has 1 amide bonds. The van der Waals surface area contributed by atoms with E-state index in [9.17, 15) is 17.6 Å². The summed E-state index contributed by atoms with van der Waals surface area (Å²) >= 11 is 0. The number of carbonyl (C=O) groups is 1. The van der Waals surface area contributed by atoms with Gasteiger partial charge < -0.3 is 5.32 Å². The number of amides is 1. The third kappa shape index (κ3) is 7.52. The van der Waals surface area contributed by atoms with Gasteiger partial charge in [0.2, 0.25) is 15.9 Å². The Labute approximate surface area is 187 Å². The molecule has 7 nitrogen and oxygen atoms in total. The Balaban J connectivity index is 1.61. The zero-order valence-electron chi connectivity index (χ0n) is 17.4. The van der Waals surface area contributed by atoms with Gasteiger partial charge in [0, 0.05) is 50.1 Å². The predicted molar refractivity (Wildman–Crippen MR) is 121 cm³/mol. The number of anilines is 1. The molecule has 3 aromatic rings. The van der Waals surface area contributed by atoms with Gasteiger partial charge in [0.25, 0.3) is 0 Å². The van der Waals surface area contributed by atoms with Crippen molar-refractivity contribution in [2.75, 3.05) is 18.4 Å². The number of aromatic nitrogens is 1. The molecule has 0 aliphatic rings. The summed E-state index contributed by atoms with van der Waals surface area (Å²) in [7, 11) is -3.85. The van der Waals surface area contributed by atoms with E-state index < -0.39 is 10.0 Å². The summed E-state index contributed by atoms with van der Waals surface area (Å²) in [5.74, 6) is -0.548. The molecular formula is C23H25FN4O3S. The summed E-state index contributed by atoms with van der Waals surface area (Å²) in [6, 6.07) is 17.8. The van der Waals surface area contributed by atoms with E-state index in [1.165, 1.54) is 30.3 Å². The van der Waals surface area contributed by atoms with Gasteiger partial charge in [0.1, 0.15) is 5.82 Å². The third-order valence-electron chi connectivity index (χ3n) is 4.83. The van der Waals surface area contributed by atoms with Crippen LogP contribution in [0, 0.1) is 5.82 Å². The molecule has 2 aromatic carbocycles. The maximum Gasteiger partial charge on any atom is 0.238 e. The van der Waals surface area contributed by atoms with Crippen molar-refractivity contribution in [2.45, 2.75) is 24.3 Å². The number of carbonyl (C=O) groups excluding carboxylic acids is 1. The van der Waals surface area contributed by atoms with Crippen LogP contribution in [0.25, 0.3) is 0 Å². The van der Waals surface area contributed by atoms with E-state index in [2.05, 4.69) is 15.2 Å². The van der Waals surface area contributed by atoms with Crippen LogP contribution in [0.15, 0.2) is 77.8 Å². The number of nitrogens with two attached hydrogens (primary N) is 1. The normalized spacial score (nSPS) is 11.5. The molecule has 168 valence electrons. The molecule has 9 heteroatoms. The van der Waals surface area contributed by atoms with Gasteiger partial charge in [-0.1, -0.05) is 24.3 Å². The molecule has 0 aliphatic carbocycles. The zero-order chi connectivity index (χ0) is 23.0. The van der Waals surface area contributed by atoms with Gasteiger partial charge >= 0.3 is 0 Å². The molecule has 0 atom stereocenters. The first-order valence-electron chi connectivity index (χ1n) is 10.1. The lowest BCUT2D eigenvalue weighted by Gasteiger charge is -2.22. The first kappa shape index (κ1) is 23.5. The number of pyridine rings is 1. The van der Waals surface area contributed by atoms with Gasteiger partial charge in [0.05, 0.1) is 4.90 Å². The number of primary sulfonamides is 1. The quantitative estimate of drug-likeness (QED) is 0.488. The number of sulfonamides is 1. The van der Waals surface area contributed by atoms with Gasteiger partial charge in [-0.05, 0) is 48.0 Å². The fourth-order valence-electron chi connectivity index (χ4n) is 3.17. The molecule has 0 fully saturated rings. The van der Waals surface area contributed by atoms with Gasteiger partial charge in [-0.3, -0.25) is 14.7 Å². The summed E-state index contributed by atoms with van der Waals surface area (Å²) in [6.07, 6.45) is 2.64. The molecule has 3 rings (SSSR count). The fraction of sp³-hybridized carbons (Fsp3) is 0.217. The average molecular weight is 457 g/mol. The molecule has 3 N–H and O–H groups in total. The monoisotopic (exact) mass is 456 g/mol. The first-order valence-corrected chi connectivity index (χ1v) is 11.6. The van der Waals surface area contributed by atoms with Gasteiger partial charge in [0.15, 0.2) is 0 Å². The van der Waals surface area contributed by atoms with Crippen LogP contribution in [0.2, 0.25) is 0 Å². The van der Waals surface area contributed by atoms with E-state index in [4.69, 9.17) is 5.14 Å². The van der Waals surface area contributed by atoms with E-state index >= 15 is 0 Å². The summed E-state index contributed by atoms with van der Waals surface area (Å²) in [4.78, 5) is 18.8. The molecule has 32 heavy (non-hydrogen) atoms. The summed E-state index contributed by atoms with van der Waals surface area (Å²) in [6.45, 7) is 1.69. The minimum atomic E-state index is -3.85. The van der Waals surface area contributed by atoms with Crippen molar-refractivity contribution < 1.29 is 17.6 Å². The number of benzene rings is 2. The SMILES string of the molecule is NS(=O)(=O)c1cccc(NC(=O)CCN(CCc2ccccn2)Cc2ccc(F)cc2)c1. The standard InChI is InChI=1S/C23H25FN4O3S/c24-19-9-7-18(8-10-19)17-28(14-11-20-4-1-2-13-26-20)15-12-23(29)27-21-5-3-6-22(16-21)32(25,30)31/h1-10,13,16H,11-12,14-15,17H2,(H,27,29)(H2,25,30,31). The minimum Gasteiger partial charge on any atom is -0.326 e. The second-order valence-corrected chi connectivity index (χ2v) is 8.91. The van der Waals surface area contributed by atoms with Crippen molar-refractivity contribution in [1.29, 1.82) is 0 Å². The Morgan fingerprint density at radius 1 is 1.03 bits per heavy atom. The largest absolute Gasteiger partial charge is 0.326 e. The number of hydrogen-bond donors (Lipinski definition) is 2. The Hall–Kier alpha value is -3.14. The second kappa shape index (κ2) is 10.9. The lowest BCUT2D eigenvalue weighted by molar-refractivity contribution is -0.116. The fourth-order valence-corrected chi connectivity index (χ4v) is 3.73. The minimum absolute atomic E-state index is 0.0661. The van der Waals surface area contributed by atoms with Crippen molar-refractivity contribution >= 4 is 21.6 Å². The average Bonchev–Trinajstić information content (AvgIpc) is 2.77. The van der Waals surface area contributed by atoms with Gasteiger partial charge in [-0.15, -0.1) is 0 Å². The number of halogens is 1. The van der Waals surface area contributed by atoms with Crippen LogP contribution >= 0.6 is 0 Å². The highest BCUT2D eigenvalue weighted by molar-refractivity contribution is 7.89. The summed E-state index contributed by atoms with van der Waals surface area (Å²) in [5.41, 5.74) is 2.25. The number of nitrogens with one attached hydrogen (secondary N) is 1. The second-order valence-electron chi connectivity index (χ2n) is 7.34. The van der Waals surface area contributed by atoms with Gasteiger partial charge in [-0.25, -0.2) is 17.9 Å². The zero-order valence-corrected chi connectivity index (χ0v) is 18.3. The molecule has 0 unspecified atom stereocenters. The Bertz CT molecular complexity index is 1140. The maximum atomic E-state index is 13.2. The lowest BCUT2D eigenvalue weighted by atomic mass is 10.2. The molecule has 0 aliphatic heterocycles. The smallest absolute Gasteiger partial charge is 0.238 e.